The topological polar surface area (TPSA) is 79.5 Å². The van der Waals surface area contributed by atoms with Crippen molar-refractivity contribution in [2.45, 2.75) is 51.6 Å². The number of carboxylic acids is 1. The Bertz CT molecular complexity index is 414. The Hall–Kier alpha value is -1.43. The summed E-state index contributed by atoms with van der Waals surface area (Å²) in [6.07, 6.45) is 3.12. The van der Waals surface area contributed by atoms with Gasteiger partial charge in [-0.05, 0) is 26.2 Å². The zero-order chi connectivity index (χ0) is 13.1. The van der Waals surface area contributed by atoms with Crippen molar-refractivity contribution in [2.75, 3.05) is 6.54 Å². The van der Waals surface area contributed by atoms with E-state index in [1.54, 1.807) is 0 Å². The largest absolute Gasteiger partial charge is 0.480 e. The molecular weight excluding hydrogens is 234 g/mol. The highest BCUT2D eigenvalue weighted by atomic mass is 16.5. The monoisotopic (exact) mass is 253 g/mol. The van der Waals surface area contributed by atoms with Crippen LogP contribution < -0.4 is 0 Å². The van der Waals surface area contributed by atoms with Gasteiger partial charge < -0.3 is 9.63 Å². The number of carboxylic acid groups (broad SMARTS) is 1. The maximum atomic E-state index is 10.8. The summed E-state index contributed by atoms with van der Waals surface area (Å²) in [5.41, 5.74) is 0. The van der Waals surface area contributed by atoms with Crippen LogP contribution in [0.25, 0.3) is 0 Å². The third-order valence-electron chi connectivity index (χ3n) is 3.31. The first-order valence-electron chi connectivity index (χ1n) is 6.38. The molecular formula is C12H19N3O3. The molecule has 1 fully saturated rings. The Labute approximate surface area is 106 Å². The minimum atomic E-state index is -0.832. The predicted molar refractivity (Wildman–Crippen MR) is 64.1 cm³/mol. The third-order valence-corrected chi connectivity index (χ3v) is 3.31. The van der Waals surface area contributed by atoms with Crippen LogP contribution in [0.4, 0.5) is 0 Å². The van der Waals surface area contributed by atoms with Crippen molar-refractivity contribution in [3.8, 4) is 0 Å². The van der Waals surface area contributed by atoms with Crippen molar-refractivity contribution >= 4 is 5.97 Å². The summed E-state index contributed by atoms with van der Waals surface area (Å²) in [5, 5.41) is 12.8. The lowest BCUT2D eigenvalue weighted by Gasteiger charge is -2.24. The third kappa shape index (κ3) is 3.29. The Balaban J connectivity index is 1.99. The van der Waals surface area contributed by atoms with E-state index in [-0.39, 0.29) is 12.6 Å². The molecule has 0 radical (unpaired) electrons. The molecule has 0 aromatic carbocycles. The second-order valence-corrected chi connectivity index (χ2v) is 4.88. The van der Waals surface area contributed by atoms with Crippen LogP contribution in [0.3, 0.4) is 0 Å². The molecule has 1 unspecified atom stereocenters. The fraction of sp³-hybridized carbons (Fsp3) is 0.750. The molecule has 1 atom stereocenters. The molecule has 6 nitrogen and oxygen atoms in total. The summed E-state index contributed by atoms with van der Waals surface area (Å²) in [6.45, 7) is 4.47. The lowest BCUT2D eigenvalue weighted by Crippen LogP contribution is -2.36. The van der Waals surface area contributed by atoms with E-state index in [0.29, 0.717) is 24.2 Å². The minimum Gasteiger partial charge on any atom is -0.480 e. The highest BCUT2D eigenvalue weighted by Gasteiger charge is 2.30. The average molecular weight is 253 g/mol. The molecule has 0 spiro atoms. The molecule has 1 saturated carbocycles. The lowest BCUT2D eigenvalue weighted by atomic mass is 10.2. The van der Waals surface area contributed by atoms with Gasteiger partial charge in [0.05, 0.1) is 13.1 Å². The molecule has 0 bridgehead atoms. The first-order valence-corrected chi connectivity index (χ1v) is 6.38. The zero-order valence-electron chi connectivity index (χ0n) is 10.8. The molecule has 1 aromatic rings. The Morgan fingerprint density at radius 3 is 2.89 bits per heavy atom. The summed E-state index contributed by atoms with van der Waals surface area (Å²) < 4.78 is 5.17. The van der Waals surface area contributed by atoms with Crippen LogP contribution in [0, 0.1) is 0 Å². The summed E-state index contributed by atoms with van der Waals surface area (Å²) in [5.74, 6) is 0.881. The normalized spacial score (nSPS) is 17.1. The van der Waals surface area contributed by atoms with Gasteiger partial charge >= 0.3 is 5.97 Å². The fourth-order valence-corrected chi connectivity index (χ4v) is 1.81. The van der Waals surface area contributed by atoms with Crippen molar-refractivity contribution in [3.63, 3.8) is 0 Å². The molecule has 0 aliphatic heterocycles. The number of aromatic nitrogens is 2. The maximum absolute atomic E-state index is 10.8. The molecule has 1 heterocycles. The van der Waals surface area contributed by atoms with E-state index in [1.165, 1.54) is 0 Å². The van der Waals surface area contributed by atoms with Gasteiger partial charge in [-0.15, -0.1) is 0 Å². The van der Waals surface area contributed by atoms with Crippen molar-refractivity contribution < 1.29 is 14.4 Å². The molecule has 1 aliphatic rings. The van der Waals surface area contributed by atoms with Crippen molar-refractivity contribution in [1.29, 1.82) is 0 Å². The van der Waals surface area contributed by atoms with Gasteiger partial charge in [0, 0.05) is 12.0 Å². The van der Waals surface area contributed by atoms with E-state index >= 15 is 0 Å². The predicted octanol–water partition coefficient (Wildman–Crippen LogP) is 1.63. The summed E-state index contributed by atoms with van der Waals surface area (Å²) in [7, 11) is 0. The molecule has 0 saturated heterocycles. The van der Waals surface area contributed by atoms with Gasteiger partial charge in [0.25, 0.3) is 0 Å². The van der Waals surface area contributed by atoms with Gasteiger partial charge in [-0.3, -0.25) is 9.69 Å². The average Bonchev–Trinajstić information content (AvgIpc) is 3.08. The molecule has 6 heteroatoms. The van der Waals surface area contributed by atoms with Crippen LogP contribution in [-0.4, -0.2) is 38.7 Å². The standard InChI is InChI=1S/C12H19N3O3/c1-3-8(2)15(7-11(16)17)6-10-13-12(18-14-10)9-4-5-9/h8-9H,3-7H2,1-2H3,(H,16,17). The van der Waals surface area contributed by atoms with E-state index in [0.717, 1.165) is 19.3 Å². The molecule has 0 amide bonds. The minimum absolute atomic E-state index is 0.00229. The maximum Gasteiger partial charge on any atom is 0.317 e. The second-order valence-electron chi connectivity index (χ2n) is 4.88. The second kappa shape index (κ2) is 5.48. The van der Waals surface area contributed by atoms with Crippen molar-refractivity contribution in [2.24, 2.45) is 0 Å². The Kier molecular flexibility index (Phi) is 3.96. The van der Waals surface area contributed by atoms with Crippen LogP contribution in [-0.2, 0) is 11.3 Å². The molecule has 100 valence electrons. The van der Waals surface area contributed by atoms with E-state index in [1.807, 2.05) is 18.7 Å². The van der Waals surface area contributed by atoms with Crippen LogP contribution in [0.2, 0.25) is 0 Å². The molecule has 1 aliphatic carbocycles. The van der Waals surface area contributed by atoms with Gasteiger partial charge in [-0.2, -0.15) is 4.98 Å². The van der Waals surface area contributed by atoms with Crippen LogP contribution >= 0.6 is 0 Å². The molecule has 1 N–H and O–H groups in total. The molecule has 2 rings (SSSR count). The Morgan fingerprint density at radius 2 is 2.33 bits per heavy atom. The van der Waals surface area contributed by atoms with E-state index in [9.17, 15) is 4.79 Å². The van der Waals surface area contributed by atoms with Gasteiger partial charge in [0.2, 0.25) is 5.89 Å². The first-order chi connectivity index (χ1) is 8.60. The van der Waals surface area contributed by atoms with Crippen molar-refractivity contribution in [3.05, 3.63) is 11.7 Å². The van der Waals surface area contributed by atoms with E-state index in [2.05, 4.69) is 10.1 Å². The quantitative estimate of drug-likeness (QED) is 0.795. The van der Waals surface area contributed by atoms with Crippen LogP contribution in [0.5, 0.6) is 0 Å². The molecule has 18 heavy (non-hydrogen) atoms. The van der Waals surface area contributed by atoms with Crippen LogP contribution in [0.15, 0.2) is 4.52 Å². The number of hydrogen-bond donors (Lipinski definition) is 1. The fourth-order valence-electron chi connectivity index (χ4n) is 1.81. The Morgan fingerprint density at radius 1 is 1.61 bits per heavy atom. The summed E-state index contributed by atoms with van der Waals surface area (Å²) in [6, 6.07) is 0.184. The van der Waals surface area contributed by atoms with E-state index < -0.39 is 5.97 Å². The van der Waals surface area contributed by atoms with Crippen LogP contribution in [0.1, 0.15) is 50.7 Å². The SMILES string of the molecule is CCC(C)N(CC(=O)O)Cc1noc(C2CC2)n1. The highest BCUT2D eigenvalue weighted by Crippen LogP contribution is 2.38. The number of carbonyl (C=O) groups is 1. The number of nitrogens with zero attached hydrogens (tertiary/aromatic N) is 3. The number of rotatable bonds is 7. The smallest absolute Gasteiger partial charge is 0.317 e. The van der Waals surface area contributed by atoms with Gasteiger partial charge in [-0.1, -0.05) is 12.1 Å². The van der Waals surface area contributed by atoms with Crippen molar-refractivity contribution in [1.82, 2.24) is 15.0 Å². The number of hydrogen-bond acceptors (Lipinski definition) is 5. The summed E-state index contributed by atoms with van der Waals surface area (Å²) >= 11 is 0. The van der Waals surface area contributed by atoms with E-state index in [4.69, 9.17) is 9.63 Å². The van der Waals surface area contributed by atoms with Gasteiger partial charge in [0.1, 0.15) is 0 Å². The number of aliphatic carboxylic acids is 1. The molecule has 1 aromatic heterocycles. The van der Waals surface area contributed by atoms with Gasteiger partial charge in [-0.25, -0.2) is 0 Å². The highest BCUT2D eigenvalue weighted by molar-refractivity contribution is 5.69. The first kappa shape index (κ1) is 13.0. The summed E-state index contributed by atoms with van der Waals surface area (Å²) in [4.78, 5) is 17.0. The lowest BCUT2D eigenvalue weighted by molar-refractivity contribution is -0.139. The zero-order valence-corrected chi connectivity index (χ0v) is 10.8. The van der Waals surface area contributed by atoms with Gasteiger partial charge in [0.15, 0.2) is 5.82 Å².